The van der Waals surface area contributed by atoms with Gasteiger partial charge in [0.2, 0.25) is 5.95 Å². The molecule has 3 nitrogen and oxygen atoms in total. The minimum Gasteiger partial charge on any atom is -0.228 e. The molecule has 1 aromatic rings. The van der Waals surface area contributed by atoms with Crippen LogP contribution in [-0.4, -0.2) is 11.1 Å². The van der Waals surface area contributed by atoms with Crippen molar-refractivity contribution >= 4 is 6.15 Å². The third-order valence-corrected chi connectivity index (χ3v) is 1.95. The van der Waals surface area contributed by atoms with Crippen molar-refractivity contribution in [3.8, 4) is 0 Å². The molecule has 0 aromatic carbocycles. The number of carbonyl (C=O) groups excluding carboxylic acids is 2. The van der Waals surface area contributed by atoms with Gasteiger partial charge in [0.15, 0.2) is 0 Å². The van der Waals surface area contributed by atoms with Gasteiger partial charge < -0.3 is 0 Å². The van der Waals surface area contributed by atoms with Crippen LogP contribution in [0.4, 0.5) is 4.39 Å². The molecule has 0 aliphatic carbocycles. The molecule has 0 aliphatic heterocycles. The monoisotopic (exact) mass is 211 g/mol. The lowest BCUT2D eigenvalue weighted by Crippen LogP contribution is -2.14. The van der Waals surface area contributed by atoms with Gasteiger partial charge in [-0.3, -0.25) is 0 Å². The van der Waals surface area contributed by atoms with Gasteiger partial charge in [0.05, 0.1) is 0 Å². The molecule has 0 bridgehead atoms. The lowest BCUT2D eigenvalue weighted by Gasteiger charge is -2.21. The van der Waals surface area contributed by atoms with E-state index >= 15 is 0 Å². The lowest BCUT2D eigenvalue weighted by atomic mass is 9.85. The highest BCUT2D eigenvalue weighted by Gasteiger charge is 2.17. The van der Waals surface area contributed by atoms with Gasteiger partial charge in [-0.25, -0.2) is 4.98 Å². The summed E-state index contributed by atoms with van der Waals surface area (Å²) in [5.74, 6) is -0.359. The molecule has 0 saturated heterocycles. The fourth-order valence-corrected chi connectivity index (χ4v) is 1.32. The molecule has 0 saturated carbocycles. The van der Waals surface area contributed by atoms with Crippen LogP contribution in [0.25, 0.3) is 0 Å². The molecule has 0 aliphatic rings. The van der Waals surface area contributed by atoms with E-state index in [-0.39, 0.29) is 17.5 Å². The van der Waals surface area contributed by atoms with Gasteiger partial charge in [0.1, 0.15) is 0 Å². The zero-order valence-electron chi connectivity index (χ0n) is 9.30. The number of hydrogen-bond acceptors (Lipinski definition) is 3. The molecule has 1 heterocycles. The second-order valence-corrected chi connectivity index (χ2v) is 4.11. The van der Waals surface area contributed by atoms with Gasteiger partial charge in [-0.2, -0.15) is 14.0 Å². The third-order valence-electron chi connectivity index (χ3n) is 1.95. The smallest absolute Gasteiger partial charge is 0.228 e. The summed E-state index contributed by atoms with van der Waals surface area (Å²) in [4.78, 5) is 19.8. The number of hydrogen-bond donors (Lipinski definition) is 0. The predicted molar refractivity (Wildman–Crippen MR) is 52.6 cm³/mol. The average molecular weight is 211 g/mol. The molecule has 0 amide bonds. The van der Waals surface area contributed by atoms with Crippen LogP contribution in [0.1, 0.15) is 31.9 Å². The Morgan fingerprint density at radius 3 is 2.13 bits per heavy atom. The van der Waals surface area contributed by atoms with Gasteiger partial charge in [-0.15, -0.1) is 0 Å². The largest absolute Gasteiger partial charge is 0.373 e. The van der Waals surface area contributed by atoms with Crippen LogP contribution in [-0.2, 0) is 15.0 Å². The number of rotatable bonds is 0. The number of aromatic nitrogens is 1. The van der Waals surface area contributed by atoms with Gasteiger partial charge in [0.25, 0.3) is 0 Å². The quantitative estimate of drug-likeness (QED) is 0.618. The van der Waals surface area contributed by atoms with E-state index in [0.29, 0.717) is 5.56 Å². The minimum atomic E-state index is -0.359. The molecule has 4 heteroatoms. The van der Waals surface area contributed by atoms with Crippen LogP contribution in [0.15, 0.2) is 12.3 Å². The first-order chi connectivity index (χ1) is 6.84. The maximum atomic E-state index is 13.0. The first kappa shape index (κ1) is 13.5. The Hall–Kier alpha value is -1.54. The summed E-state index contributed by atoms with van der Waals surface area (Å²) in [6.07, 6.45) is 1.77. The minimum absolute atomic E-state index is 0.00609. The van der Waals surface area contributed by atoms with Gasteiger partial charge in [-0.05, 0) is 24.0 Å². The molecule has 0 atom stereocenters. The molecule has 0 fully saturated rings. The summed E-state index contributed by atoms with van der Waals surface area (Å²) in [6, 6.07) is 1.87. The van der Waals surface area contributed by atoms with Crippen molar-refractivity contribution < 1.29 is 14.0 Å². The summed E-state index contributed by atoms with van der Waals surface area (Å²) in [7, 11) is 0. The van der Waals surface area contributed by atoms with E-state index < -0.39 is 0 Å². The second kappa shape index (κ2) is 5.37. The van der Waals surface area contributed by atoms with Crippen molar-refractivity contribution in [1.82, 2.24) is 4.98 Å². The Labute approximate surface area is 88.3 Å². The molecule has 1 aromatic heterocycles. The van der Waals surface area contributed by atoms with Crippen LogP contribution >= 0.6 is 0 Å². The van der Waals surface area contributed by atoms with E-state index in [0.717, 1.165) is 5.56 Å². The second-order valence-electron chi connectivity index (χ2n) is 4.11. The van der Waals surface area contributed by atoms with Gasteiger partial charge in [0, 0.05) is 11.8 Å². The van der Waals surface area contributed by atoms with Crippen molar-refractivity contribution in [2.24, 2.45) is 0 Å². The highest BCUT2D eigenvalue weighted by molar-refractivity contribution is 5.29. The Morgan fingerprint density at radius 2 is 1.80 bits per heavy atom. The van der Waals surface area contributed by atoms with E-state index in [1.54, 1.807) is 6.92 Å². The van der Waals surface area contributed by atoms with Gasteiger partial charge in [-0.1, -0.05) is 20.8 Å². The van der Waals surface area contributed by atoms with Crippen molar-refractivity contribution in [3.05, 3.63) is 29.3 Å². The van der Waals surface area contributed by atoms with E-state index in [1.807, 2.05) is 6.07 Å². The van der Waals surface area contributed by atoms with Crippen LogP contribution < -0.4 is 0 Å². The molecule has 0 unspecified atom stereocenters. The van der Waals surface area contributed by atoms with Crippen molar-refractivity contribution in [2.45, 2.75) is 33.1 Å². The molecular weight excluding hydrogens is 197 g/mol. The zero-order valence-corrected chi connectivity index (χ0v) is 9.30. The topological polar surface area (TPSA) is 47.0 Å². The highest BCUT2D eigenvalue weighted by atomic mass is 19.1. The molecule has 82 valence electrons. The number of pyridine rings is 1. The Kier molecular flexibility index (Phi) is 4.82. The number of nitrogens with zero attached hydrogens (tertiary/aromatic N) is 1. The van der Waals surface area contributed by atoms with Crippen molar-refractivity contribution in [1.29, 1.82) is 0 Å². The van der Waals surface area contributed by atoms with Gasteiger partial charge >= 0.3 is 6.15 Å². The first-order valence-corrected chi connectivity index (χ1v) is 4.45. The summed E-state index contributed by atoms with van der Waals surface area (Å²) in [5.41, 5.74) is 1.67. The molecule has 0 spiro atoms. The third kappa shape index (κ3) is 4.00. The van der Waals surface area contributed by atoms with Crippen LogP contribution in [0, 0.1) is 12.9 Å². The molecule has 0 N–H and O–H groups in total. The average Bonchev–Trinajstić information content (AvgIpc) is 2.09. The Bertz CT molecular complexity index is 363. The van der Waals surface area contributed by atoms with Crippen LogP contribution in [0.3, 0.4) is 0 Å². The fraction of sp³-hybridized carbons (Fsp3) is 0.455. The van der Waals surface area contributed by atoms with E-state index in [4.69, 9.17) is 9.59 Å². The summed E-state index contributed by atoms with van der Waals surface area (Å²) < 4.78 is 13.0. The predicted octanol–water partition coefficient (Wildman–Crippen LogP) is 2.24. The van der Waals surface area contributed by atoms with E-state index in [9.17, 15) is 4.39 Å². The zero-order chi connectivity index (χ0) is 12.1. The standard InChI is InChI=1S/C10H14FN.CO2/c1-7-8(10(2,3)4)5-6-12-9(7)11;2-1-3/h5-6H,1-4H3;. The summed E-state index contributed by atoms with van der Waals surface area (Å²) in [6.45, 7) is 7.96. The van der Waals surface area contributed by atoms with Crippen LogP contribution in [0.5, 0.6) is 0 Å². The normalized spacial score (nSPS) is 9.93. The highest BCUT2D eigenvalue weighted by Crippen LogP contribution is 2.25. The maximum Gasteiger partial charge on any atom is 0.373 e. The fourth-order valence-electron chi connectivity index (χ4n) is 1.32. The Morgan fingerprint density at radius 1 is 1.33 bits per heavy atom. The molecule has 15 heavy (non-hydrogen) atoms. The first-order valence-electron chi connectivity index (χ1n) is 4.45. The van der Waals surface area contributed by atoms with Crippen molar-refractivity contribution in [3.63, 3.8) is 0 Å². The Balaban J connectivity index is 0.000000583. The SMILES string of the molecule is Cc1c(C(C)(C)C)ccnc1F.O=C=O. The van der Waals surface area contributed by atoms with Crippen molar-refractivity contribution in [2.75, 3.05) is 0 Å². The number of halogens is 1. The lowest BCUT2D eigenvalue weighted by molar-refractivity contribution is -0.191. The molecular formula is C11H14FNO2. The molecule has 0 radical (unpaired) electrons. The molecule has 1 rings (SSSR count). The maximum absolute atomic E-state index is 13.0. The van der Waals surface area contributed by atoms with E-state index in [2.05, 4.69) is 25.8 Å². The summed E-state index contributed by atoms with van der Waals surface area (Å²) >= 11 is 0. The van der Waals surface area contributed by atoms with E-state index in [1.165, 1.54) is 6.20 Å². The van der Waals surface area contributed by atoms with Crippen LogP contribution in [0.2, 0.25) is 0 Å². The summed E-state index contributed by atoms with van der Waals surface area (Å²) in [5, 5.41) is 0.